The molecule has 2 aliphatic carbocycles. The molecule has 1 fully saturated rings. The summed E-state index contributed by atoms with van der Waals surface area (Å²) in [6, 6.07) is 6.12. The molecule has 1 aromatic rings. The third-order valence-electron chi connectivity index (χ3n) is 5.22. The van der Waals surface area contributed by atoms with Crippen molar-refractivity contribution in [2.24, 2.45) is 23.7 Å². The lowest BCUT2D eigenvalue weighted by Gasteiger charge is -2.30. The number of hydrogen-bond donors (Lipinski definition) is 1. The van der Waals surface area contributed by atoms with Crippen LogP contribution in [-0.4, -0.2) is 42.4 Å². The molecule has 0 spiro atoms. The van der Waals surface area contributed by atoms with Crippen molar-refractivity contribution in [3.8, 4) is 5.75 Å². The van der Waals surface area contributed by atoms with E-state index >= 15 is 0 Å². The van der Waals surface area contributed by atoms with E-state index in [0.29, 0.717) is 0 Å². The number of allylic oxidation sites excluding steroid dienone is 2. The van der Waals surface area contributed by atoms with Gasteiger partial charge in [-0.1, -0.05) is 12.2 Å². The standard InChI is InChI=1S/C18H14F5IO7S/c19-17(20,21)16(18(22,23)32(27,28)29)31-15(26)13-9-2-1-8(7-9)12(13)14(25)30-11-5-3-10(24)4-6-11/h1-6,8-9,12-13,16H,7H2,(H,27,28,29). The first-order valence-corrected chi connectivity index (χ1v) is 11.4. The SMILES string of the molecule is O=C(Oc1ccc(I)cc1)C1C2C=CC(C2)C1C(=O)OC(C(F)(F)F)C(F)(F)S(=O)(=O)O. The second-order valence-corrected chi connectivity index (χ2v) is 10.0. The lowest BCUT2D eigenvalue weighted by molar-refractivity contribution is -0.261. The molecule has 0 saturated heterocycles. The topological polar surface area (TPSA) is 107 Å². The molecule has 1 saturated carbocycles. The molecule has 2 bridgehead atoms. The fourth-order valence-electron chi connectivity index (χ4n) is 3.81. The molecule has 0 aromatic heterocycles. The van der Waals surface area contributed by atoms with E-state index in [1.165, 1.54) is 18.2 Å². The van der Waals surface area contributed by atoms with Crippen molar-refractivity contribution in [1.29, 1.82) is 0 Å². The summed E-state index contributed by atoms with van der Waals surface area (Å²) >= 11 is 2.00. The van der Waals surface area contributed by atoms with Crippen LogP contribution in [0.25, 0.3) is 0 Å². The maximum Gasteiger partial charge on any atom is 0.432 e. The van der Waals surface area contributed by atoms with Gasteiger partial charge in [-0.3, -0.25) is 14.1 Å². The number of alkyl halides is 5. The smallest absolute Gasteiger partial charge is 0.432 e. The summed E-state index contributed by atoms with van der Waals surface area (Å²) in [5, 5.41) is -5.86. The summed E-state index contributed by atoms with van der Waals surface area (Å²) in [6.45, 7) is 0. The monoisotopic (exact) mass is 596 g/mol. The third-order valence-corrected chi connectivity index (χ3v) is 6.84. The van der Waals surface area contributed by atoms with E-state index in [1.807, 2.05) is 22.6 Å². The number of hydrogen-bond acceptors (Lipinski definition) is 6. The van der Waals surface area contributed by atoms with Crippen molar-refractivity contribution in [1.82, 2.24) is 0 Å². The molecule has 1 N–H and O–H groups in total. The van der Waals surface area contributed by atoms with Gasteiger partial charge in [-0.15, -0.1) is 0 Å². The summed E-state index contributed by atoms with van der Waals surface area (Å²) < 4.78 is 107. The average Bonchev–Trinajstić information content (AvgIpc) is 3.27. The van der Waals surface area contributed by atoms with Gasteiger partial charge < -0.3 is 9.47 Å². The summed E-state index contributed by atoms with van der Waals surface area (Å²) in [4.78, 5) is 25.2. The number of benzene rings is 1. The van der Waals surface area contributed by atoms with Crippen molar-refractivity contribution in [3.63, 3.8) is 0 Å². The van der Waals surface area contributed by atoms with Crippen molar-refractivity contribution >= 4 is 44.6 Å². The van der Waals surface area contributed by atoms with Crippen LogP contribution in [0, 0.1) is 27.2 Å². The van der Waals surface area contributed by atoms with Crippen molar-refractivity contribution in [2.75, 3.05) is 0 Å². The Bertz CT molecular complexity index is 1040. The number of halogens is 6. The van der Waals surface area contributed by atoms with E-state index in [-0.39, 0.29) is 12.2 Å². The van der Waals surface area contributed by atoms with E-state index in [4.69, 9.17) is 9.29 Å². The number of fused-ring (bicyclic) bond motifs is 2. The van der Waals surface area contributed by atoms with E-state index in [9.17, 15) is 40.0 Å². The summed E-state index contributed by atoms with van der Waals surface area (Å²) in [6.07, 6.45) is -7.33. The lowest BCUT2D eigenvalue weighted by Crippen LogP contribution is -2.53. The van der Waals surface area contributed by atoms with E-state index in [0.717, 1.165) is 3.57 Å². The highest BCUT2D eigenvalue weighted by Crippen LogP contribution is 2.50. The molecule has 7 nitrogen and oxygen atoms in total. The Morgan fingerprint density at radius 3 is 1.97 bits per heavy atom. The van der Waals surface area contributed by atoms with Gasteiger partial charge in [-0.05, 0) is 65.1 Å². The first-order valence-electron chi connectivity index (χ1n) is 8.90. The maximum absolute atomic E-state index is 13.8. The molecule has 5 unspecified atom stereocenters. The van der Waals surface area contributed by atoms with Crippen molar-refractivity contribution in [3.05, 3.63) is 40.0 Å². The number of carbonyl (C=O) groups is 2. The molecular weight excluding hydrogens is 582 g/mol. The molecule has 14 heteroatoms. The predicted molar refractivity (Wildman–Crippen MR) is 105 cm³/mol. The molecule has 0 amide bonds. The van der Waals surface area contributed by atoms with Gasteiger partial charge in [0.15, 0.2) is 0 Å². The minimum absolute atomic E-state index is 0.0976. The molecule has 2 aliphatic rings. The highest BCUT2D eigenvalue weighted by molar-refractivity contribution is 14.1. The summed E-state index contributed by atoms with van der Waals surface area (Å²) in [5.74, 6) is -7.07. The van der Waals surface area contributed by atoms with E-state index in [1.54, 1.807) is 18.2 Å². The van der Waals surface area contributed by atoms with Gasteiger partial charge in [-0.25, -0.2) is 0 Å². The quantitative estimate of drug-likeness (QED) is 0.134. The Hall–Kier alpha value is -1.81. The fourth-order valence-corrected chi connectivity index (χ4v) is 4.62. The molecular formula is C18H14F5IO7S. The minimum atomic E-state index is -6.58. The zero-order valence-electron chi connectivity index (χ0n) is 15.6. The van der Waals surface area contributed by atoms with Crippen LogP contribution in [0.2, 0.25) is 0 Å². The van der Waals surface area contributed by atoms with Gasteiger partial charge in [0.1, 0.15) is 5.75 Å². The van der Waals surface area contributed by atoms with Gasteiger partial charge in [-0.2, -0.15) is 30.4 Å². The zero-order chi connectivity index (χ0) is 24.1. The highest BCUT2D eigenvalue weighted by atomic mass is 127. The second kappa shape index (κ2) is 8.52. The predicted octanol–water partition coefficient (Wildman–Crippen LogP) is 3.59. The highest BCUT2D eigenvalue weighted by Gasteiger charge is 2.67. The van der Waals surface area contributed by atoms with Crippen molar-refractivity contribution in [2.45, 2.75) is 24.0 Å². The molecule has 0 radical (unpaired) electrons. The molecule has 5 atom stereocenters. The van der Waals surface area contributed by atoms with Crippen molar-refractivity contribution < 1.29 is 54.0 Å². The molecule has 32 heavy (non-hydrogen) atoms. The Morgan fingerprint density at radius 2 is 1.50 bits per heavy atom. The van der Waals surface area contributed by atoms with Gasteiger partial charge in [0.25, 0.3) is 6.10 Å². The van der Waals surface area contributed by atoms with Crippen LogP contribution in [0.4, 0.5) is 22.0 Å². The minimum Gasteiger partial charge on any atom is -0.444 e. The first-order chi connectivity index (χ1) is 14.6. The van der Waals surface area contributed by atoms with E-state index in [2.05, 4.69) is 4.74 Å². The number of esters is 2. The Kier molecular flexibility index (Phi) is 6.61. The van der Waals surface area contributed by atoms with Crippen LogP contribution in [0.15, 0.2) is 36.4 Å². The maximum atomic E-state index is 13.8. The molecule has 3 rings (SSSR count). The van der Waals surface area contributed by atoms with Gasteiger partial charge in [0.2, 0.25) is 0 Å². The number of rotatable bonds is 6. The van der Waals surface area contributed by atoms with Crippen LogP contribution in [-0.2, 0) is 24.4 Å². The van der Waals surface area contributed by atoms with Crippen LogP contribution >= 0.6 is 22.6 Å². The summed E-state index contributed by atoms with van der Waals surface area (Å²) in [5.41, 5.74) is 0. The van der Waals surface area contributed by atoms with Crippen LogP contribution in [0.3, 0.4) is 0 Å². The average molecular weight is 596 g/mol. The molecule has 1 aromatic carbocycles. The van der Waals surface area contributed by atoms with Crippen LogP contribution in [0.1, 0.15) is 6.42 Å². The Morgan fingerprint density at radius 1 is 1.00 bits per heavy atom. The fraction of sp³-hybridized carbons (Fsp3) is 0.444. The number of carbonyl (C=O) groups excluding carboxylic acids is 2. The molecule has 0 heterocycles. The van der Waals surface area contributed by atoms with Crippen LogP contribution in [0.5, 0.6) is 5.75 Å². The van der Waals surface area contributed by atoms with Gasteiger partial charge in [0.05, 0.1) is 11.8 Å². The van der Waals surface area contributed by atoms with Gasteiger partial charge in [0, 0.05) is 3.57 Å². The Balaban J connectivity index is 1.85. The second-order valence-electron chi connectivity index (χ2n) is 7.27. The number of ether oxygens (including phenoxy) is 2. The lowest BCUT2D eigenvalue weighted by atomic mass is 9.83. The van der Waals surface area contributed by atoms with Crippen LogP contribution < -0.4 is 4.74 Å². The normalized spacial score (nSPS) is 26.1. The first kappa shape index (κ1) is 24.8. The molecule has 0 aliphatic heterocycles. The zero-order valence-corrected chi connectivity index (χ0v) is 18.6. The Labute approximate surface area is 191 Å². The largest absolute Gasteiger partial charge is 0.444 e. The van der Waals surface area contributed by atoms with Gasteiger partial charge >= 0.3 is 33.5 Å². The summed E-state index contributed by atoms with van der Waals surface area (Å²) in [7, 11) is -6.58. The third kappa shape index (κ3) is 4.76. The molecule has 176 valence electrons. The van der Waals surface area contributed by atoms with E-state index < -0.39 is 63.3 Å².